The monoisotopic (exact) mass is 335 g/mol. The Balaban J connectivity index is 0. The third-order valence-corrected chi connectivity index (χ3v) is 3.78. The van der Waals surface area contributed by atoms with E-state index < -0.39 is 0 Å². The van der Waals surface area contributed by atoms with Gasteiger partial charge in [-0.1, -0.05) is 77.6 Å². The Bertz CT molecular complexity index is 148. The molecule has 0 aliphatic carbocycles. The molecule has 0 aromatic heterocycles. The first-order valence-corrected chi connectivity index (χ1v) is 8.56. The Labute approximate surface area is 133 Å². The van der Waals surface area contributed by atoms with Gasteiger partial charge in [0.15, 0.2) is 0 Å². The van der Waals surface area contributed by atoms with E-state index in [0.29, 0.717) is 0 Å². The molecule has 0 fully saturated rings. The standard InChI is InChI=1S/C17H37N.BrH/c1-4-5-6-7-8-9-10-11-12-13-14-15-16-17-18(2)3;/h4-17H2,1-3H3;1H. The summed E-state index contributed by atoms with van der Waals surface area (Å²) in [5, 5.41) is 0. The summed E-state index contributed by atoms with van der Waals surface area (Å²) in [6.45, 7) is 3.64. The van der Waals surface area contributed by atoms with Crippen LogP contribution >= 0.6 is 0 Å². The largest absolute Gasteiger partial charge is 1.00 e. The highest BCUT2D eigenvalue weighted by atomic mass is 79.9. The number of unbranched alkanes of at least 4 members (excludes halogenated alkanes) is 12. The Morgan fingerprint density at radius 1 is 0.526 bits per heavy atom. The van der Waals surface area contributed by atoms with Gasteiger partial charge in [-0.05, 0) is 12.8 Å². The quantitative estimate of drug-likeness (QED) is 0.455. The summed E-state index contributed by atoms with van der Waals surface area (Å²) in [6.07, 6.45) is 18.9. The molecule has 0 amide bonds. The van der Waals surface area contributed by atoms with Crippen LogP contribution in [0.4, 0.5) is 0 Å². The van der Waals surface area contributed by atoms with Crippen molar-refractivity contribution < 1.29 is 21.9 Å². The number of quaternary nitrogens is 1. The fourth-order valence-corrected chi connectivity index (χ4v) is 2.50. The molecule has 0 saturated carbocycles. The van der Waals surface area contributed by atoms with E-state index >= 15 is 0 Å². The van der Waals surface area contributed by atoms with Crippen LogP contribution in [0.2, 0.25) is 0 Å². The fourth-order valence-electron chi connectivity index (χ4n) is 2.50. The Hall–Kier alpha value is 0.440. The molecule has 1 nitrogen and oxygen atoms in total. The third-order valence-electron chi connectivity index (χ3n) is 3.78. The minimum Gasteiger partial charge on any atom is -1.00 e. The lowest BCUT2D eigenvalue weighted by molar-refractivity contribution is -0.858. The third kappa shape index (κ3) is 20.9. The van der Waals surface area contributed by atoms with Crippen LogP contribution in [0.5, 0.6) is 0 Å². The molecule has 0 bridgehead atoms. The molecule has 0 aromatic rings. The predicted octanol–water partition coefficient (Wildman–Crippen LogP) is 1.23. The first-order chi connectivity index (χ1) is 8.77. The number of hydrogen-bond donors (Lipinski definition) is 1. The minimum absolute atomic E-state index is 0. The molecule has 2 heteroatoms. The van der Waals surface area contributed by atoms with Crippen molar-refractivity contribution in [1.82, 2.24) is 0 Å². The van der Waals surface area contributed by atoms with Crippen LogP contribution in [-0.2, 0) is 0 Å². The van der Waals surface area contributed by atoms with Crippen molar-refractivity contribution >= 4 is 0 Å². The normalized spacial score (nSPS) is 10.7. The van der Waals surface area contributed by atoms with Crippen LogP contribution in [-0.4, -0.2) is 20.6 Å². The van der Waals surface area contributed by atoms with Gasteiger partial charge in [0.25, 0.3) is 0 Å². The van der Waals surface area contributed by atoms with E-state index in [1.165, 1.54) is 90.0 Å². The zero-order chi connectivity index (χ0) is 13.5. The molecule has 0 aromatic carbocycles. The van der Waals surface area contributed by atoms with Gasteiger partial charge in [0, 0.05) is 0 Å². The van der Waals surface area contributed by atoms with E-state index in [4.69, 9.17) is 0 Å². The summed E-state index contributed by atoms with van der Waals surface area (Å²) in [4.78, 5) is 1.60. The summed E-state index contributed by atoms with van der Waals surface area (Å²) in [6, 6.07) is 0. The molecular weight excluding hydrogens is 298 g/mol. The Morgan fingerprint density at radius 3 is 1.16 bits per heavy atom. The molecule has 0 saturated heterocycles. The second-order valence-electron chi connectivity index (χ2n) is 6.20. The van der Waals surface area contributed by atoms with Gasteiger partial charge >= 0.3 is 0 Å². The fraction of sp³-hybridized carbons (Fsp3) is 1.00. The van der Waals surface area contributed by atoms with Crippen LogP contribution in [0.25, 0.3) is 0 Å². The van der Waals surface area contributed by atoms with Gasteiger partial charge in [-0.3, -0.25) is 0 Å². The van der Waals surface area contributed by atoms with Crippen LogP contribution < -0.4 is 21.9 Å². The number of rotatable bonds is 14. The summed E-state index contributed by atoms with van der Waals surface area (Å²) in [5.41, 5.74) is 0. The maximum absolute atomic E-state index is 2.29. The second-order valence-corrected chi connectivity index (χ2v) is 6.20. The van der Waals surface area contributed by atoms with Crippen LogP contribution in [0.15, 0.2) is 0 Å². The van der Waals surface area contributed by atoms with Crippen molar-refractivity contribution in [1.29, 1.82) is 0 Å². The SMILES string of the molecule is CCCCCCCCCCCCCCC[NH+](C)C.[Br-]. The van der Waals surface area contributed by atoms with Crippen molar-refractivity contribution in [2.24, 2.45) is 0 Å². The van der Waals surface area contributed by atoms with E-state index in [-0.39, 0.29) is 17.0 Å². The van der Waals surface area contributed by atoms with Crippen LogP contribution in [0.1, 0.15) is 90.4 Å². The van der Waals surface area contributed by atoms with E-state index in [1.54, 1.807) is 4.90 Å². The highest BCUT2D eigenvalue weighted by Gasteiger charge is 1.95. The molecule has 118 valence electrons. The van der Waals surface area contributed by atoms with Crippen molar-refractivity contribution in [3.8, 4) is 0 Å². The van der Waals surface area contributed by atoms with Gasteiger partial charge in [0.2, 0.25) is 0 Å². The van der Waals surface area contributed by atoms with Crippen molar-refractivity contribution in [2.75, 3.05) is 20.6 Å². The average molecular weight is 336 g/mol. The van der Waals surface area contributed by atoms with Crippen molar-refractivity contribution in [3.63, 3.8) is 0 Å². The summed E-state index contributed by atoms with van der Waals surface area (Å²) in [5.74, 6) is 0. The summed E-state index contributed by atoms with van der Waals surface area (Å²) in [7, 11) is 4.50. The topological polar surface area (TPSA) is 4.44 Å². The lowest BCUT2D eigenvalue weighted by Crippen LogP contribution is -3.05. The smallest absolute Gasteiger partial charge is 0.0766 e. The highest BCUT2D eigenvalue weighted by Crippen LogP contribution is 2.12. The maximum atomic E-state index is 2.29. The first kappa shape index (κ1) is 21.7. The van der Waals surface area contributed by atoms with Gasteiger partial charge in [-0.15, -0.1) is 0 Å². The molecular formula is C17H38BrN. The zero-order valence-corrected chi connectivity index (χ0v) is 15.4. The van der Waals surface area contributed by atoms with Gasteiger partial charge in [-0.2, -0.15) is 0 Å². The number of hydrogen-bond acceptors (Lipinski definition) is 0. The predicted molar refractivity (Wildman–Crippen MR) is 83.4 cm³/mol. The summed E-state index contributed by atoms with van der Waals surface area (Å²) >= 11 is 0. The molecule has 0 atom stereocenters. The molecule has 0 heterocycles. The van der Waals surface area contributed by atoms with E-state index in [9.17, 15) is 0 Å². The van der Waals surface area contributed by atoms with Crippen LogP contribution in [0, 0.1) is 0 Å². The zero-order valence-electron chi connectivity index (χ0n) is 13.8. The maximum Gasteiger partial charge on any atom is 0.0766 e. The Kier molecular flexibility index (Phi) is 21.1. The lowest BCUT2D eigenvalue weighted by atomic mass is 10.0. The second kappa shape index (κ2) is 18.4. The van der Waals surface area contributed by atoms with Crippen molar-refractivity contribution in [3.05, 3.63) is 0 Å². The van der Waals surface area contributed by atoms with Gasteiger partial charge in [0.1, 0.15) is 0 Å². The molecule has 0 spiro atoms. The molecule has 0 unspecified atom stereocenters. The number of halogens is 1. The first-order valence-electron chi connectivity index (χ1n) is 8.56. The van der Waals surface area contributed by atoms with Gasteiger partial charge in [-0.25, -0.2) is 0 Å². The Morgan fingerprint density at radius 2 is 0.842 bits per heavy atom. The minimum atomic E-state index is 0. The molecule has 0 rings (SSSR count). The van der Waals surface area contributed by atoms with Crippen LogP contribution in [0.3, 0.4) is 0 Å². The van der Waals surface area contributed by atoms with Gasteiger partial charge in [0.05, 0.1) is 20.6 Å². The lowest BCUT2D eigenvalue weighted by Gasteiger charge is -2.06. The van der Waals surface area contributed by atoms with E-state index in [0.717, 1.165) is 0 Å². The van der Waals surface area contributed by atoms with Crippen molar-refractivity contribution in [2.45, 2.75) is 90.4 Å². The molecule has 19 heavy (non-hydrogen) atoms. The molecule has 1 N–H and O–H groups in total. The number of nitrogens with one attached hydrogen (secondary N) is 1. The average Bonchev–Trinajstić information content (AvgIpc) is 2.34. The molecule has 0 aliphatic heterocycles. The highest BCUT2D eigenvalue weighted by molar-refractivity contribution is 4.48. The van der Waals surface area contributed by atoms with E-state index in [2.05, 4.69) is 21.0 Å². The summed E-state index contributed by atoms with van der Waals surface area (Å²) < 4.78 is 0. The molecule has 0 aliphatic rings. The molecule has 0 radical (unpaired) electrons. The van der Waals surface area contributed by atoms with Gasteiger partial charge < -0.3 is 21.9 Å². The van der Waals surface area contributed by atoms with E-state index in [1.807, 2.05) is 0 Å².